The van der Waals surface area contributed by atoms with Crippen molar-refractivity contribution < 1.29 is 23.3 Å². The Balaban J connectivity index is 1.64. The lowest BCUT2D eigenvalue weighted by atomic mass is 10.1. The van der Waals surface area contributed by atoms with Gasteiger partial charge in [0.1, 0.15) is 17.3 Å². The van der Waals surface area contributed by atoms with E-state index in [1.54, 1.807) is 31.2 Å². The number of nitrogens with one attached hydrogen (secondary N) is 2. The molecule has 0 aliphatic rings. The molecule has 0 saturated heterocycles. The summed E-state index contributed by atoms with van der Waals surface area (Å²) in [6, 6.07) is 13.2. The van der Waals surface area contributed by atoms with Gasteiger partial charge in [-0.2, -0.15) is 5.10 Å². The fourth-order valence-electron chi connectivity index (χ4n) is 2.60. The number of nitro benzene ring substituents is 1. The molecule has 3 aromatic rings. The lowest BCUT2D eigenvalue weighted by molar-refractivity contribution is -0.385. The van der Waals surface area contributed by atoms with E-state index in [0.717, 1.165) is 12.3 Å². The van der Waals surface area contributed by atoms with Gasteiger partial charge in [-0.15, -0.1) is 0 Å². The number of hydrogen-bond acceptors (Lipinski definition) is 6. The molecule has 30 heavy (non-hydrogen) atoms. The Morgan fingerprint density at radius 1 is 1.10 bits per heavy atom. The Morgan fingerprint density at radius 3 is 2.60 bits per heavy atom. The van der Waals surface area contributed by atoms with Gasteiger partial charge in [-0.05, 0) is 31.2 Å². The zero-order valence-electron chi connectivity index (χ0n) is 15.6. The molecule has 10 heteroatoms. The van der Waals surface area contributed by atoms with Crippen LogP contribution >= 0.6 is 0 Å². The number of carbonyl (C=O) groups is 2. The monoisotopic (exact) mass is 410 g/mol. The smallest absolute Gasteiger partial charge is 0.329 e. The van der Waals surface area contributed by atoms with Gasteiger partial charge in [0.25, 0.3) is 5.69 Å². The number of nitro groups is 1. The molecule has 2 amide bonds. The van der Waals surface area contributed by atoms with Gasteiger partial charge in [-0.1, -0.05) is 24.3 Å². The van der Waals surface area contributed by atoms with Gasteiger partial charge >= 0.3 is 11.8 Å². The summed E-state index contributed by atoms with van der Waals surface area (Å²) < 4.78 is 19.1. The molecule has 2 N–H and O–H groups in total. The van der Waals surface area contributed by atoms with Gasteiger partial charge in [0.2, 0.25) is 0 Å². The van der Waals surface area contributed by atoms with Crippen molar-refractivity contribution in [3.05, 3.63) is 81.9 Å². The van der Waals surface area contributed by atoms with Crippen LogP contribution in [0.15, 0.2) is 64.1 Å². The summed E-state index contributed by atoms with van der Waals surface area (Å²) >= 11 is 0. The summed E-state index contributed by atoms with van der Waals surface area (Å²) in [5.41, 5.74) is 2.81. The van der Waals surface area contributed by atoms with Gasteiger partial charge in [0.15, 0.2) is 0 Å². The SMILES string of the molecule is Cc1c(-c2ccc(/C=N\NC(=O)C(=O)Nc3ccccc3F)o2)cccc1[N+](=O)[O-]. The first kappa shape index (κ1) is 20.4. The number of hydrazone groups is 1. The van der Waals surface area contributed by atoms with Gasteiger partial charge in [-0.25, -0.2) is 9.82 Å². The predicted octanol–water partition coefficient (Wildman–Crippen LogP) is 3.39. The average Bonchev–Trinajstić information content (AvgIpc) is 3.18. The van der Waals surface area contributed by atoms with Gasteiger partial charge in [-0.3, -0.25) is 19.7 Å². The quantitative estimate of drug-likeness (QED) is 0.288. The third-order valence-corrected chi connectivity index (χ3v) is 4.08. The van der Waals surface area contributed by atoms with Crippen molar-refractivity contribution in [2.45, 2.75) is 6.92 Å². The molecule has 0 atom stereocenters. The zero-order chi connectivity index (χ0) is 21.7. The third-order valence-electron chi connectivity index (χ3n) is 4.08. The molecule has 0 bridgehead atoms. The normalized spacial score (nSPS) is 10.7. The molecular weight excluding hydrogens is 395 g/mol. The van der Waals surface area contributed by atoms with E-state index in [9.17, 15) is 24.1 Å². The van der Waals surface area contributed by atoms with Crippen LogP contribution in [0.3, 0.4) is 0 Å². The Bertz CT molecular complexity index is 1160. The highest BCUT2D eigenvalue weighted by Gasteiger charge is 2.17. The molecule has 0 spiro atoms. The Kier molecular flexibility index (Phi) is 5.97. The minimum Gasteiger partial charge on any atom is -0.455 e. The van der Waals surface area contributed by atoms with Crippen LogP contribution in [0.1, 0.15) is 11.3 Å². The molecule has 9 nitrogen and oxygen atoms in total. The lowest BCUT2D eigenvalue weighted by Crippen LogP contribution is -2.32. The first-order chi connectivity index (χ1) is 14.4. The molecule has 1 heterocycles. The number of halogens is 1. The van der Waals surface area contributed by atoms with Crippen molar-refractivity contribution >= 4 is 29.4 Å². The molecule has 1 aromatic heterocycles. The van der Waals surface area contributed by atoms with E-state index >= 15 is 0 Å². The molecular formula is C20H15FN4O5. The van der Waals surface area contributed by atoms with Crippen molar-refractivity contribution in [3.63, 3.8) is 0 Å². The van der Waals surface area contributed by atoms with Crippen molar-refractivity contribution in [2.75, 3.05) is 5.32 Å². The number of amides is 2. The highest BCUT2D eigenvalue weighted by atomic mass is 19.1. The van der Waals surface area contributed by atoms with E-state index in [4.69, 9.17) is 4.42 Å². The van der Waals surface area contributed by atoms with Crippen molar-refractivity contribution in [2.24, 2.45) is 5.10 Å². The maximum absolute atomic E-state index is 13.5. The number of rotatable bonds is 5. The summed E-state index contributed by atoms with van der Waals surface area (Å²) in [6.45, 7) is 1.61. The minimum absolute atomic E-state index is 0.0350. The molecule has 152 valence electrons. The van der Waals surface area contributed by atoms with Crippen LogP contribution in [-0.2, 0) is 9.59 Å². The molecule has 2 aromatic carbocycles. The second kappa shape index (κ2) is 8.78. The Labute approximate surface area is 169 Å². The average molecular weight is 410 g/mol. The molecule has 0 aliphatic heterocycles. The molecule has 0 fully saturated rings. The second-order valence-electron chi connectivity index (χ2n) is 6.04. The van der Waals surface area contributed by atoms with Crippen LogP contribution in [0.2, 0.25) is 0 Å². The summed E-state index contributed by atoms with van der Waals surface area (Å²) in [7, 11) is 0. The standard InChI is InChI=1S/C20H15FN4O5/c1-12-14(5-4-8-17(12)25(28)29)18-10-9-13(30-18)11-22-24-20(27)19(26)23-16-7-3-2-6-15(16)21/h2-11H,1H3,(H,23,26)(H,24,27)/b22-11-. The molecule has 0 aliphatic carbocycles. The number of furan rings is 1. The van der Waals surface area contributed by atoms with E-state index in [1.807, 2.05) is 5.43 Å². The van der Waals surface area contributed by atoms with Crippen LogP contribution in [0, 0.1) is 22.9 Å². The van der Waals surface area contributed by atoms with Crippen LogP contribution in [0.5, 0.6) is 0 Å². The number of anilines is 1. The number of nitrogens with zero attached hydrogens (tertiary/aromatic N) is 2. The Morgan fingerprint density at radius 2 is 1.87 bits per heavy atom. The third kappa shape index (κ3) is 4.55. The summed E-state index contributed by atoms with van der Waals surface area (Å²) in [6.07, 6.45) is 1.16. The number of carbonyl (C=O) groups excluding carboxylic acids is 2. The second-order valence-corrected chi connectivity index (χ2v) is 6.04. The first-order valence-corrected chi connectivity index (χ1v) is 8.60. The predicted molar refractivity (Wildman–Crippen MR) is 106 cm³/mol. The lowest BCUT2D eigenvalue weighted by Gasteiger charge is -2.04. The number of para-hydroxylation sites is 1. The van der Waals surface area contributed by atoms with Crippen molar-refractivity contribution in [1.29, 1.82) is 0 Å². The van der Waals surface area contributed by atoms with Gasteiger partial charge < -0.3 is 9.73 Å². The van der Waals surface area contributed by atoms with E-state index in [-0.39, 0.29) is 17.1 Å². The molecule has 0 radical (unpaired) electrons. The highest BCUT2D eigenvalue weighted by Crippen LogP contribution is 2.30. The van der Waals surface area contributed by atoms with E-state index < -0.39 is 22.6 Å². The van der Waals surface area contributed by atoms with Crippen LogP contribution in [0.25, 0.3) is 11.3 Å². The van der Waals surface area contributed by atoms with Gasteiger partial charge in [0, 0.05) is 17.2 Å². The maximum Gasteiger partial charge on any atom is 0.329 e. The molecule has 0 saturated carbocycles. The summed E-state index contributed by atoms with van der Waals surface area (Å²) in [5, 5.41) is 16.8. The largest absolute Gasteiger partial charge is 0.455 e. The van der Waals surface area contributed by atoms with E-state index in [2.05, 4.69) is 10.4 Å². The van der Waals surface area contributed by atoms with E-state index in [0.29, 0.717) is 16.9 Å². The molecule has 0 unspecified atom stereocenters. The number of hydrogen-bond donors (Lipinski definition) is 2. The summed E-state index contributed by atoms with van der Waals surface area (Å²) in [4.78, 5) is 34.1. The van der Waals surface area contributed by atoms with Crippen molar-refractivity contribution in [1.82, 2.24) is 5.43 Å². The highest BCUT2D eigenvalue weighted by molar-refractivity contribution is 6.39. The minimum atomic E-state index is -1.10. The van der Waals surface area contributed by atoms with Crippen molar-refractivity contribution in [3.8, 4) is 11.3 Å². The molecule has 3 rings (SSSR count). The maximum atomic E-state index is 13.5. The van der Waals surface area contributed by atoms with Gasteiger partial charge in [0.05, 0.1) is 16.8 Å². The van der Waals surface area contributed by atoms with Crippen LogP contribution < -0.4 is 10.7 Å². The Hall–Kier alpha value is -4.34. The van der Waals surface area contributed by atoms with E-state index in [1.165, 1.54) is 24.3 Å². The fourth-order valence-corrected chi connectivity index (χ4v) is 2.60. The van der Waals surface area contributed by atoms with Crippen LogP contribution in [0.4, 0.5) is 15.8 Å². The fraction of sp³-hybridized carbons (Fsp3) is 0.0500. The number of benzene rings is 2. The topological polar surface area (TPSA) is 127 Å². The van der Waals surface area contributed by atoms with Crippen LogP contribution in [-0.4, -0.2) is 23.0 Å². The summed E-state index contributed by atoms with van der Waals surface area (Å²) in [5.74, 6) is -2.26. The first-order valence-electron chi connectivity index (χ1n) is 8.60. The zero-order valence-corrected chi connectivity index (χ0v) is 15.6.